The van der Waals surface area contributed by atoms with Crippen molar-refractivity contribution in [2.45, 2.75) is 11.0 Å². The summed E-state index contributed by atoms with van der Waals surface area (Å²) in [5.41, 5.74) is 0.511. The monoisotopic (exact) mass is 300 g/mol. The van der Waals surface area contributed by atoms with Crippen LogP contribution in [0.5, 0.6) is 0 Å². The summed E-state index contributed by atoms with van der Waals surface area (Å²) in [5, 5.41) is 6.56. The first-order chi connectivity index (χ1) is 9.20. The van der Waals surface area contributed by atoms with Crippen LogP contribution in [0.15, 0.2) is 23.1 Å². The third-order valence-electron chi connectivity index (χ3n) is 2.91. The highest BCUT2D eigenvalue weighted by atomic mass is 35.5. The van der Waals surface area contributed by atoms with Crippen LogP contribution in [0.1, 0.15) is 10.4 Å². The van der Waals surface area contributed by atoms with Crippen LogP contribution in [0.4, 0.5) is 0 Å². The van der Waals surface area contributed by atoms with Crippen molar-refractivity contribution < 1.29 is 9.53 Å². The highest BCUT2D eigenvalue weighted by molar-refractivity contribution is 7.98. The highest BCUT2D eigenvalue weighted by Gasteiger charge is 2.16. The van der Waals surface area contributed by atoms with Gasteiger partial charge in [0, 0.05) is 24.5 Å². The number of hydrogen-bond donors (Lipinski definition) is 2. The van der Waals surface area contributed by atoms with Crippen LogP contribution >= 0.6 is 23.4 Å². The molecule has 1 unspecified atom stereocenters. The maximum Gasteiger partial charge on any atom is 0.252 e. The van der Waals surface area contributed by atoms with Gasteiger partial charge in [0.15, 0.2) is 0 Å². The predicted molar refractivity (Wildman–Crippen MR) is 78.2 cm³/mol. The van der Waals surface area contributed by atoms with Gasteiger partial charge in [0.25, 0.3) is 5.91 Å². The maximum absolute atomic E-state index is 12.1. The molecule has 2 N–H and O–H groups in total. The highest BCUT2D eigenvalue weighted by Crippen LogP contribution is 2.22. The smallest absolute Gasteiger partial charge is 0.252 e. The summed E-state index contributed by atoms with van der Waals surface area (Å²) in [7, 11) is 0. The molecule has 1 aliphatic rings. The van der Waals surface area contributed by atoms with Gasteiger partial charge >= 0.3 is 0 Å². The number of benzene rings is 1. The summed E-state index contributed by atoms with van der Waals surface area (Å²) in [5.74, 6) is -0.157. The number of nitrogens with one attached hydrogen (secondary N) is 2. The van der Waals surface area contributed by atoms with Gasteiger partial charge in [0.2, 0.25) is 0 Å². The number of ether oxygens (including phenoxy) is 1. The quantitative estimate of drug-likeness (QED) is 0.832. The van der Waals surface area contributed by atoms with Crippen LogP contribution in [0, 0.1) is 0 Å². The van der Waals surface area contributed by atoms with E-state index in [1.54, 1.807) is 17.8 Å². The van der Waals surface area contributed by atoms with E-state index in [4.69, 9.17) is 16.3 Å². The summed E-state index contributed by atoms with van der Waals surface area (Å²) in [4.78, 5) is 13.1. The summed E-state index contributed by atoms with van der Waals surface area (Å²) >= 11 is 7.64. The van der Waals surface area contributed by atoms with Gasteiger partial charge in [-0.3, -0.25) is 4.79 Å². The van der Waals surface area contributed by atoms with Crippen LogP contribution in [0.3, 0.4) is 0 Å². The molecular weight excluding hydrogens is 284 g/mol. The van der Waals surface area contributed by atoms with Gasteiger partial charge in [-0.2, -0.15) is 0 Å². The lowest BCUT2D eigenvalue weighted by molar-refractivity contribution is 0.0287. The van der Waals surface area contributed by atoms with Gasteiger partial charge in [0.1, 0.15) is 0 Å². The van der Waals surface area contributed by atoms with Gasteiger partial charge in [-0.1, -0.05) is 11.6 Å². The molecule has 1 fully saturated rings. The molecule has 1 amide bonds. The Bertz CT molecular complexity index is 450. The van der Waals surface area contributed by atoms with E-state index in [-0.39, 0.29) is 12.0 Å². The van der Waals surface area contributed by atoms with Crippen molar-refractivity contribution in [3.63, 3.8) is 0 Å². The molecule has 0 spiro atoms. The molecule has 4 nitrogen and oxygen atoms in total. The number of hydrogen-bond acceptors (Lipinski definition) is 4. The topological polar surface area (TPSA) is 50.4 Å². The Morgan fingerprint density at radius 1 is 1.63 bits per heavy atom. The number of amides is 1. The molecule has 19 heavy (non-hydrogen) atoms. The molecule has 6 heteroatoms. The Hall–Kier alpha value is -0.750. The number of rotatable bonds is 4. The zero-order chi connectivity index (χ0) is 13.7. The Morgan fingerprint density at radius 2 is 2.47 bits per heavy atom. The molecule has 0 radical (unpaired) electrons. The third kappa shape index (κ3) is 4.11. The molecule has 1 aromatic rings. The number of carbonyl (C=O) groups excluding carboxylic acids is 1. The first kappa shape index (κ1) is 14.7. The van der Waals surface area contributed by atoms with Crippen LogP contribution in [0.25, 0.3) is 0 Å². The average molecular weight is 301 g/mol. The van der Waals surface area contributed by atoms with Crippen molar-refractivity contribution in [1.29, 1.82) is 0 Å². The van der Waals surface area contributed by atoms with Crippen molar-refractivity contribution in [2.24, 2.45) is 0 Å². The number of morpholine rings is 1. The number of thioether (sulfide) groups is 1. The zero-order valence-electron chi connectivity index (χ0n) is 10.7. The van der Waals surface area contributed by atoms with Gasteiger partial charge in [0.05, 0.1) is 23.3 Å². The Kier molecular flexibility index (Phi) is 5.51. The maximum atomic E-state index is 12.1. The number of carbonyl (C=O) groups is 1. The van der Waals surface area contributed by atoms with Crippen molar-refractivity contribution in [2.75, 3.05) is 32.5 Å². The largest absolute Gasteiger partial charge is 0.374 e. The Balaban J connectivity index is 1.95. The van der Waals surface area contributed by atoms with Crippen molar-refractivity contribution in [3.05, 3.63) is 28.8 Å². The van der Waals surface area contributed by atoms with Gasteiger partial charge in [-0.15, -0.1) is 11.8 Å². The molecule has 0 saturated carbocycles. The van der Waals surface area contributed by atoms with E-state index >= 15 is 0 Å². The Morgan fingerprint density at radius 3 is 3.16 bits per heavy atom. The molecule has 104 valence electrons. The molecule has 1 atom stereocenters. The molecule has 0 aliphatic carbocycles. The van der Waals surface area contributed by atoms with E-state index in [0.717, 1.165) is 18.0 Å². The van der Waals surface area contributed by atoms with Crippen LogP contribution < -0.4 is 10.6 Å². The summed E-state index contributed by atoms with van der Waals surface area (Å²) in [6, 6.07) is 5.46. The van der Waals surface area contributed by atoms with E-state index in [1.807, 2.05) is 18.4 Å². The second-order valence-electron chi connectivity index (χ2n) is 4.25. The van der Waals surface area contributed by atoms with Gasteiger partial charge < -0.3 is 15.4 Å². The van der Waals surface area contributed by atoms with Gasteiger partial charge in [-0.25, -0.2) is 0 Å². The molecule has 1 saturated heterocycles. The van der Waals surface area contributed by atoms with E-state index in [1.165, 1.54) is 0 Å². The molecule has 0 bridgehead atoms. The van der Waals surface area contributed by atoms with Crippen molar-refractivity contribution >= 4 is 29.3 Å². The number of halogens is 1. The first-order valence-corrected chi connectivity index (χ1v) is 7.75. The SMILES string of the molecule is CSc1ccc(Cl)c(C(=O)NCC2CNCCO2)c1. The first-order valence-electron chi connectivity index (χ1n) is 6.15. The minimum absolute atomic E-state index is 0.0280. The lowest BCUT2D eigenvalue weighted by atomic mass is 10.2. The molecule has 2 rings (SSSR count). The van der Waals surface area contributed by atoms with Crippen LogP contribution in [-0.4, -0.2) is 44.5 Å². The average Bonchev–Trinajstić information content (AvgIpc) is 2.46. The second kappa shape index (κ2) is 7.14. The second-order valence-corrected chi connectivity index (χ2v) is 5.54. The van der Waals surface area contributed by atoms with Crippen molar-refractivity contribution in [3.8, 4) is 0 Å². The molecule has 0 aromatic heterocycles. The lowest BCUT2D eigenvalue weighted by Crippen LogP contribution is -2.45. The van der Waals surface area contributed by atoms with Crippen LogP contribution in [0.2, 0.25) is 5.02 Å². The van der Waals surface area contributed by atoms with E-state index in [0.29, 0.717) is 23.7 Å². The minimum atomic E-state index is -0.157. The fourth-order valence-corrected chi connectivity index (χ4v) is 2.50. The summed E-state index contributed by atoms with van der Waals surface area (Å²) < 4.78 is 5.53. The van der Waals surface area contributed by atoms with Crippen molar-refractivity contribution in [1.82, 2.24) is 10.6 Å². The zero-order valence-corrected chi connectivity index (χ0v) is 12.3. The minimum Gasteiger partial charge on any atom is -0.374 e. The normalized spacial score (nSPS) is 19.2. The third-order valence-corrected chi connectivity index (χ3v) is 3.97. The summed E-state index contributed by atoms with van der Waals surface area (Å²) in [6.07, 6.45) is 1.99. The molecule has 1 aromatic carbocycles. The van der Waals surface area contributed by atoms with Gasteiger partial charge in [-0.05, 0) is 24.5 Å². The van der Waals surface area contributed by atoms with E-state index in [9.17, 15) is 4.79 Å². The van der Waals surface area contributed by atoms with E-state index < -0.39 is 0 Å². The molecule has 1 aliphatic heterocycles. The Labute approximate surface area is 122 Å². The van der Waals surface area contributed by atoms with Crippen LogP contribution in [-0.2, 0) is 4.74 Å². The predicted octanol–water partition coefficient (Wildman–Crippen LogP) is 1.78. The summed E-state index contributed by atoms with van der Waals surface area (Å²) in [6.45, 7) is 2.81. The lowest BCUT2D eigenvalue weighted by Gasteiger charge is -2.23. The molecular formula is C13H17ClN2O2S. The standard InChI is InChI=1S/C13H17ClN2O2S/c1-19-10-2-3-12(14)11(6-10)13(17)16-8-9-7-15-4-5-18-9/h2-3,6,9,15H,4-5,7-8H2,1H3,(H,16,17). The molecule has 1 heterocycles. The fraction of sp³-hybridized carbons (Fsp3) is 0.462. The van der Waals surface area contributed by atoms with E-state index in [2.05, 4.69) is 10.6 Å². The fourth-order valence-electron chi connectivity index (χ4n) is 1.86.